The van der Waals surface area contributed by atoms with E-state index >= 15 is 0 Å². The molecule has 24 heavy (non-hydrogen) atoms. The van der Waals surface area contributed by atoms with Crippen molar-refractivity contribution in [1.29, 1.82) is 0 Å². The van der Waals surface area contributed by atoms with Gasteiger partial charge in [0.1, 0.15) is 0 Å². The van der Waals surface area contributed by atoms with Gasteiger partial charge in [0.05, 0.1) is 0 Å². The summed E-state index contributed by atoms with van der Waals surface area (Å²) in [5.41, 5.74) is 1.14. The maximum absolute atomic E-state index is 12.4. The molecule has 1 aromatic rings. The highest BCUT2D eigenvalue weighted by Crippen LogP contribution is 2.26. The highest BCUT2D eigenvalue weighted by molar-refractivity contribution is 5.76. The molecule has 4 heteroatoms. The van der Waals surface area contributed by atoms with Gasteiger partial charge in [-0.25, -0.2) is 0 Å². The summed E-state index contributed by atoms with van der Waals surface area (Å²) in [5, 5.41) is 3.34. The molecular weight excluding hydrogens is 298 g/mol. The summed E-state index contributed by atoms with van der Waals surface area (Å²) in [7, 11) is 0. The molecule has 0 aromatic carbocycles. The zero-order valence-electron chi connectivity index (χ0n) is 14.8. The van der Waals surface area contributed by atoms with Crippen LogP contribution in [0.4, 0.5) is 0 Å². The highest BCUT2D eigenvalue weighted by atomic mass is 16.1. The SMILES string of the molecule is O=C(CCc1cccnc1)NC1CCCCC1CN1CCCCC1. The Morgan fingerprint density at radius 3 is 2.79 bits per heavy atom. The number of nitrogens with one attached hydrogen (secondary N) is 1. The van der Waals surface area contributed by atoms with Crippen LogP contribution in [0, 0.1) is 5.92 Å². The maximum atomic E-state index is 12.4. The van der Waals surface area contributed by atoms with Crippen LogP contribution >= 0.6 is 0 Å². The monoisotopic (exact) mass is 329 g/mol. The third-order valence-electron chi connectivity index (χ3n) is 5.56. The Morgan fingerprint density at radius 2 is 2.00 bits per heavy atom. The molecule has 2 heterocycles. The molecule has 1 amide bonds. The minimum absolute atomic E-state index is 0.203. The van der Waals surface area contributed by atoms with Gasteiger partial charge >= 0.3 is 0 Å². The standard InChI is InChI=1S/C20H31N3O/c24-20(11-10-17-7-6-12-21-15-17)22-19-9-3-2-8-18(19)16-23-13-4-1-5-14-23/h6-7,12,15,18-19H,1-5,8-11,13-14,16H2,(H,22,24). The molecule has 1 aliphatic heterocycles. The fraction of sp³-hybridized carbons (Fsp3) is 0.700. The second kappa shape index (κ2) is 9.16. The molecule has 1 N–H and O–H groups in total. The Morgan fingerprint density at radius 1 is 1.17 bits per heavy atom. The van der Waals surface area contributed by atoms with E-state index in [1.807, 2.05) is 18.3 Å². The topological polar surface area (TPSA) is 45.2 Å². The van der Waals surface area contributed by atoms with E-state index in [4.69, 9.17) is 0 Å². The van der Waals surface area contributed by atoms with Crippen LogP contribution in [0.15, 0.2) is 24.5 Å². The summed E-state index contributed by atoms with van der Waals surface area (Å²) in [6.45, 7) is 3.67. The van der Waals surface area contributed by atoms with Crippen LogP contribution in [0.1, 0.15) is 56.9 Å². The average molecular weight is 329 g/mol. The lowest BCUT2D eigenvalue weighted by molar-refractivity contribution is -0.122. The number of aryl methyl sites for hydroxylation is 1. The second-order valence-electron chi connectivity index (χ2n) is 7.44. The van der Waals surface area contributed by atoms with Crippen molar-refractivity contribution >= 4 is 5.91 Å². The Kier molecular flexibility index (Phi) is 6.65. The number of aromatic nitrogens is 1. The molecule has 132 valence electrons. The van der Waals surface area contributed by atoms with Crippen LogP contribution < -0.4 is 5.32 Å². The first-order chi connectivity index (χ1) is 11.8. The fourth-order valence-corrected chi connectivity index (χ4v) is 4.17. The van der Waals surface area contributed by atoms with Crippen molar-refractivity contribution < 1.29 is 4.79 Å². The van der Waals surface area contributed by atoms with Crippen LogP contribution in [0.25, 0.3) is 0 Å². The number of carbonyl (C=O) groups excluding carboxylic acids is 1. The Balaban J connectivity index is 1.46. The summed E-state index contributed by atoms with van der Waals surface area (Å²) in [6.07, 6.45) is 14.0. The molecule has 2 fully saturated rings. The number of rotatable bonds is 6. The molecule has 2 atom stereocenters. The Hall–Kier alpha value is -1.42. The maximum Gasteiger partial charge on any atom is 0.220 e. The van der Waals surface area contributed by atoms with Gasteiger partial charge in [-0.3, -0.25) is 9.78 Å². The minimum Gasteiger partial charge on any atom is -0.353 e. The van der Waals surface area contributed by atoms with Gasteiger partial charge in [-0.1, -0.05) is 25.3 Å². The number of hydrogen-bond acceptors (Lipinski definition) is 3. The molecule has 2 aliphatic rings. The van der Waals surface area contributed by atoms with Crippen molar-refractivity contribution in [2.24, 2.45) is 5.92 Å². The van der Waals surface area contributed by atoms with Gasteiger partial charge in [-0.15, -0.1) is 0 Å². The average Bonchev–Trinajstić information content (AvgIpc) is 2.63. The van der Waals surface area contributed by atoms with Crippen molar-refractivity contribution in [3.63, 3.8) is 0 Å². The smallest absolute Gasteiger partial charge is 0.220 e. The second-order valence-corrected chi connectivity index (χ2v) is 7.44. The van der Waals surface area contributed by atoms with Gasteiger partial charge in [-0.05, 0) is 62.7 Å². The van der Waals surface area contributed by atoms with Crippen molar-refractivity contribution in [2.75, 3.05) is 19.6 Å². The van der Waals surface area contributed by atoms with Crippen molar-refractivity contribution in [3.8, 4) is 0 Å². The van der Waals surface area contributed by atoms with E-state index in [1.54, 1.807) is 6.20 Å². The van der Waals surface area contributed by atoms with Crippen molar-refractivity contribution in [1.82, 2.24) is 15.2 Å². The quantitative estimate of drug-likeness (QED) is 0.872. The van der Waals surface area contributed by atoms with Crippen LogP contribution in [0.2, 0.25) is 0 Å². The van der Waals surface area contributed by atoms with E-state index in [-0.39, 0.29) is 5.91 Å². The summed E-state index contributed by atoms with van der Waals surface area (Å²) in [4.78, 5) is 19.1. The molecule has 1 aliphatic carbocycles. The summed E-state index contributed by atoms with van der Waals surface area (Å²) < 4.78 is 0. The normalized spacial score (nSPS) is 25.3. The molecule has 4 nitrogen and oxygen atoms in total. The van der Waals surface area contributed by atoms with Crippen LogP contribution in [0.5, 0.6) is 0 Å². The molecule has 1 saturated heterocycles. The van der Waals surface area contributed by atoms with Crippen molar-refractivity contribution in [3.05, 3.63) is 30.1 Å². The van der Waals surface area contributed by atoms with E-state index in [1.165, 1.54) is 58.2 Å². The number of amides is 1. The molecule has 1 aromatic heterocycles. The molecule has 0 spiro atoms. The first-order valence-electron chi connectivity index (χ1n) is 9.72. The number of likely N-dealkylation sites (tertiary alicyclic amines) is 1. The molecule has 2 unspecified atom stereocenters. The van der Waals surface area contributed by atoms with Gasteiger partial charge in [-0.2, -0.15) is 0 Å². The highest BCUT2D eigenvalue weighted by Gasteiger charge is 2.28. The number of carbonyl (C=O) groups is 1. The number of piperidine rings is 1. The van der Waals surface area contributed by atoms with E-state index < -0.39 is 0 Å². The van der Waals surface area contributed by atoms with Crippen molar-refractivity contribution in [2.45, 2.75) is 63.8 Å². The Bertz CT molecular complexity index is 499. The number of hydrogen-bond donors (Lipinski definition) is 1. The number of pyridine rings is 1. The molecule has 0 radical (unpaired) electrons. The van der Waals surface area contributed by atoms with Crippen LogP contribution in [-0.2, 0) is 11.2 Å². The zero-order valence-corrected chi connectivity index (χ0v) is 14.8. The lowest BCUT2D eigenvalue weighted by Crippen LogP contribution is -2.47. The predicted octanol–water partition coefficient (Wildman–Crippen LogP) is 3.18. The van der Waals surface area contributed by atoms with E-state index in [9.17, 15) is 4.79 Å². The molecule has 1 saturated carbocycles. The van der Waals surface area contributed by atoms with E-state index in [0.29, 0.717) is 18.4 Å². The fourth-order valence-electron chi connectivity index (χ4n) is 4.17. The third-order valence-corrected chi connectivity index (χ3v) is 5.56. The van der Waals surface area contributed by atoms with Gasteiger partial charge in [0.2, 0.25) is 5.91 Å². The largest absolute Gasteiger partial charge is 0.353 e. The van der Waals surface area contributed by atoms with E-state index in [2.05, 4.69) is 15.2 Å². The minimum atomic E-state index is 0.203. The van der Waals surface area contributed by atoms with E-state index in [0.717, 1.165) is 18.4 Å². The third kappa shape index (κ3) is 5.30. The van der Waals surface area contributed by atoms with Gasteiger partial charge in [0, 0.05) is 31.4 Å². The summed E-state index contributed by atoms with van der Waals surface area (Å²) >= 11 is 0. The molecule has 0 bridgehead atoms. The van der Waals surface area contributed by atoms with Gasteiger partial charge < -0.3 is 10.2 Å². The molecule has 3 rings (SSSR count). The number of nitrogens with zero attached hydrogens (tertiary/aromatic N) is 2. The van der Waals surface area contributed by atoms with Gasteiger partial charge in [0.25, 0.3) is 0 Å². The summed E-state index contributed by atoms with van der Waals surface area (Å²) in [5.74, 6) is 0.841. The lowest BCUT2D eigenvalue weighted by atomic mass is 9.83. The first kappa shape index (κ1) is 17.4. The first-order valence-corrected chi connectivity index (χ1v) is 9.72. The predicted molar refractivity (Wildman–Crippen MR) is 96.7 cm³/mol. The zero-order chi connectivity index (χ0) is 16.6. The van der Waals surface area contributed by atoms with Gasteiger partial charge in [0.15, 0.2) is 0 Å². The molecular formula is C20H31N3O. The summed E-state index contributed by atoms with van der Waals surface area (Å²) in [6, 6.07) is 4.35. The lowest BCUT2D eigenvalue weighted by Gasteiger charge is -2.37. The van der Waals surface area contributed by atoms with Crippen LogP contribution in [-0.4, -0.2) is 41.5 Å². The Labute approximate surface area is 146 Å². The van der Waals surface area contributed by atoms with Crippen LogP contribution in [0.3, 0.4) is 0 Å².